The third kappa shape index (κ3) is 3.03. The summed E-state index contributed by atoms with van der Waals surface area (Å²) in [6.45, 7) is 1.89. The largest absolute Gasteiger partial charge is 0.497 e. The second-order valence-electron chi connectivity index (χ2n) is 5.32. The quantitative estimate of drug-likeness (QED) is 0.934. The van der Waals surface area contributed by atoms with Crippen LogP contribution in [0.15, 0.2) is 35.6 Å². The van der Waals surface area contributed by atoms with Crippen molar-refractivity contribution in [1.29, 1.82) is 0 Å². The number of nitrogens with one attached hydrogen (secondary N) is 1. The number of hydrogen-bond acceptors (Lipinski definition) is 5. The van der Waals surface area contributed by atoms with E-state index in [0.29, 0.717) is 12.1 Å². The van der Waals surface area contributed by atoms with Crippen molar-refractivity contribution in [3.05, 3.63) is 41.7 Å². The summed E-state index contributed by atoms with van der Waals surface area (Å²) in [5.41, 5.74) is 3.22. The van der Waals surface area contributed by atoms with Gasteiger partial charge in [0, 0.05) is 13.5 Å². The molecule has 1 aromatic heterocycles. The molecule has 7 nitrogen and oxygen atoms in total. The van der Waals surface area contributed by atoms with E-state index in [2.05, 4.69) is 15.6 Å². The van der Waals surface area contributed by atoms with Crippen LogP contribution in [0.3, 0.4) is 0 Å². The van der Waals surface area contributed by atoms with E-state index in [1.807, 2.05) is 38.2 Å². The van der Waals surface area contributed by atoms with Crippen LogP contribution in [-0.4, -0.2) is 34.6 Å². The van der Waals surface area contributed by atoms with Gasteiger partial charge in [-0.25, -0.2) is 0 Å². The highest BCUT2D eigenvalue weighted by Crippen LogP contribution is 2.21. The van der Waals surface area contributed by atoms with E-state index in [1.54, 1.807) is 18.0 Å². The highest BCUT2D eigenvalue weighted by Gasteiger charge is 2.29. The van der Waals surface area contributed by atoms with Gasteiger partial charge in [0.2, 0.25) is 6.10 Å². The Morgan fingerprint density at radius 2 is 2.13 bits per heavy atom. The van der Waals surface area contributed by atoms with E-state index in [1.165, 1.54) is 0 Å². The first kappa shape index (κ1) is 15.1. The Labute approximate surface area is 133 Å². The molecule has 7 heteroatoms. The van der Waals surface area contributed by atoms with Gasteiger partial charge in [-0.1, -0.05) is 5.16 Å². The van der Waals surface area contributed by atoms with Crippen LogP contribution >= 0.6 is 0 Å². The molecule has 1 atom stereocenters. The number of amides is 1. The topological polar surface area (TPSA) is 77.7 Å². The first-order chi connectivity index (χ1) is 11.1. The molecule has 2 aromatic rings. The fourth-order valence-corrected chi connectivity index (χ4v) is 2.31. The van der Waals surface area contributed by atoms with E-state index in [9.17, 15) is 4.79 Å². The third-order valence-electron chi connectivity index (χ3n) is 3.88. The molecule has 1 unspecified atom stereocenters. The highest BCUT2D eigenvalue weighted by atomic mass is 16.6. The predicted octanol–water partition coefficient (Wildman–Crippen LogP) is 1.87. The van der Waals surface area contributed by atoms with E-state index in [-0.39, 0.29) is 5.91 Å². The summed E-state index contributed by atoms with van der Waals surface area (Å²) in [5, 5.41) is 10.9. The average Bonchev–Trinajstić information content (AvgIpc) is 3.18. The van der Waals surface area contributed by atoms with Crippen LogP contribution in [0.2, 0.25) is 0 Å². The molecular formula is C16H18N4O3. The van der Waals surface area contributed by atoms with Gasteiger partial charge in [0.25, 0.3) is 5.91 Å². The van der Waals surface area contributed by atoms with Crippen LogP contribution in [0.4, 0.5) is 5.69 Å². The summed E-state index contributed by atoms with van der Waals surface area (Å²) >= 11 is 0. The van der Waals surface area contributed by atoms with Crippen molar-refractivity contribution in [2.75, 3.05) is 12.4 Å². The number of carbonyl (C=O) groups is 1. The molecule has 0 radical (unpaired) electrons. The smallest absolute Gasteiger partial charge is 0.268 e. The lowest BCUT2D eigenvalue weighted by molar-refractivity contribution is -0.125. The van der Waals surface area contributed by atoms with Crippen molar-refractivity contribution in [3.63, 3.8) is 0 Å². The van der Waals surface area contributed by atoms with Gasteiger partial charge in [-0.3, -0.25) is 9.48 Å². The Hall–Kier alpha value is -2.83. The number of aromatic nitrogens is 2. The maximum Gasteiger partial charge on any atom is 0.268 e. The number of rotatable bonds is 4. The van der Waals surface area contributed by atoms with Gasteiger partial charge in [0.1, 0.15) is 5.75 Å². The fraction of sp³-hybridized carbons (Fsp3) is 0.312. The standard InChI is InChI=1S/C16H18N4O3/c1-10-14(9-17-20(10)2)18-16(21)15-8-13(19-23-15)11-4-6-12(22-3)7-5-11/h4-7,9,15H,8H2,1-3H3,(H,18,21). The SMILES string of the molecule is COc1ccc(C2=NOC(C(=O)Nc3cnn(C)c3C)C2)cc1. The van der Waals surface area contributed by atoms with Crippen LogP contribution in [0.5, 0.6) is 5.75 Å². The summed E-state index contributed by atoms with van der Waals surface area (Å²) in [6.07, 6.45) is 1.41. The number of oxime groups is 1. The zero-order valence-corrected chi connectivity index (χ0v) is 13.2. The summed E-state index contributed by atoms with van der Waals surface area (Å²) in [5.74, 6) is 0.544. The van der Waals surface area contributed by atoms with Crippen LogP contribution in [0.25, 0.3) is 0 Å². The first-order valence-electron chi connectivity index (χ1n) is 7.25. The lowest BCUT2D eigenvalue weighted by atomic mass is 10.0. The molecule has 120 valence electrons. The highest BCUT2D eigenvalue weighted by molar-refractivity contribution is 6.06. The van der Waals surface area contributed by atoms with E-state index in [4.69, 9.17) is 9.57 Å². The Kier molecular flexibility index (Phi) is 4.01. The monoisotopic (exact) mass is 314 g/mol. The number of benzene rings is 1. The zero-order valence-electron chi connectivity index (χ0n) is 13.2. The predicted molar refractivity (Wildman–Crippen MR) is 85.6 cm³/mol. The maximum atomic E-state index is 12.3. The number of hydrogen-bond donors (Lipinski definition) is 1. The molecule has 1 aromatic carbocycles. The summed E-state index contributed by atoms with van der Waals surface area (Å²) in [7, 11) is 3.44. The van der Waals surface area contributed by atoms with Gasteiger partial charge in [-0.15, -0.1) is 0 Å². The average molecular weight is 314 g/mol. The van der Waals surface area contributed by atoms with E-state index < -0.39 is 6.10 Å². The Bertz CT molecular complexity index is 749. The van der Waals surface area contributed by atoms with Crippen molar-refractivity contribution in [2.45, 2.75) is 19.4 Å². The number of anilines is 1. The third-order valence-corrected chi connectivity index (χ3v) is 3.88. The van der Waals surface area contributed by atoms with Gasteiger partial charge in [-0.2, -0.15) is 5.10 Å². The number of aryl methyl sites for hydroxylation is 1. The summed E-state index contributed by atoms with van der Waals surface area (Å²) in [6, 6.07) is 7.49. The minimum atomic E-state index is -0.633. The lowest BCUT2D eigenvalue weighted by Crippen LogP contribution is -2.28. The van der Waals surface area contributed by atoms with Crippen molar-refractivity contribution in [3.8, 4) is 5.75 Å². The Morgan fingerprint density at radius 3 is 2.74 bits per heavy atom. The van der Waals surface area contributed by atoms with Crippen LogP contribution in [0.1, 0.15) is 17.7 Å². The molecule has 1 aliphatic rings. The van der Waals surface area contributed by atoms with Crippen molar-refractivity contribution in [2.24, 2.45) is 12.2 Å². The minimum Gasteiger partial charge on any atom is -0.497 e. The Morgan fingerprint density at radius 1 is 1.39 bits per heavy atom. The molecule has 1 aliphatic heterocycles. The first-order valence-corrected chi connectivity index (χ1v) is 7.25. The second kappa shape index (κ2) is 6.12. The molecule has 3 rings (SSSR count). The minimum absolute atomic E-state index is 0.228. The molecule has 1 N–H and O–H groups in total. The fourth-order valence-electron chi connectivity index (χ4n) is 2.31. The number of ether oxygens (including phenoxy) is 1. The molecule has 0 fully saturated rings. The molecule has 0 spiro atoms. The number of carbonyl (C=O) groups excluding carboxylic acids is 1. The van der Waals surface area contributed by atoms with Crippen molar-refractivity contribution < 1.29 is 14.4 Å². The normalized spacial score (nSPS) is 16.7. The maximum absolute atomic E-state index is 12.3. The summed E-state index contributed by atoms with van der Waals surface area (Å²) in [4.78, 5) is 17.6. The molecule has 1 amide bonds. The van der Waals surface area contributed by atoms with Crippen molar-refractivity contribution in [1.82, 2.24) is 9.78 Å². The molecule has 0 bridgehead atoms. The van der Waals surface area contributed by atoms with Gasteiger partial charge >= 0.3 is 0 Å². The second-order valence-corrected chi connectivity index (χ2v) is 5.32. The van der Waals surface area contributed by atoms with E-state index >= 15 is 0 Å². The molecule has 2 heterocycles. The number of methoxy groups -OCH3 is 1. The van der Waals surface area contributed by atoms with Crippen LogP contribution < -0.4 is 10.1 Å². The lowest BCUT2D eigenvalue weighted by Gasteiger charge is -2.09. The Balaban J connectivity index is 1.63. The van der Waals surface area contributed by atoms with Gasteiger partial charge in [0.05, 0.1) is 30.4 Å². The van der Waals surface area contributed by atoms with Crippen molar-refractivity contribution >= 4 is 17.3 Å². The number of nitrogens with zero attached hydrogens (tertiary/aromatic N) is 3. The molecular weight excluding hydrogens is 296 g/mol. The molecule has 0 saturated carbocycles. The van der Waals surface area contributed by atoms with E-state index in [0.717, 1.165) is 22.7 Å². The van der Waals surface area contributed by atoms with Gasteiger partial charge in [-0.05, 0) is 36.8 Å². The molecule has 0 saturated heterocycles. The zero-order chi connectivity index (χ0) is 16.4. The van der Waals surface area contributed by atoms with Crippen LogP contribution in [-0.2, 0) is 16.7 Å². The molecule has 0 aliphatic carbocycles. The van der Waals surface area contributed by atoms with Crippen LogP contribution in [0, 0.1) is 6.92 Å². The van der Waals surface area contributed by atoms with Gasteiger partial charge in [0.15, 0.2) is 0 Å². The summed E-state index contributed by atoms with van der Waals surface area (Å²) < 4.78 is 6.83. The molecule has 23 heavy (non-hydrogen) atoms. The van der Waals surface area contributed by atoms with Gasteiger partial charge < -0.3 is 14.9 Å².